The molecule has 5 nitrogen and oxygen atoms in total. The molecule has 1 fully saturated rings. The van der Waals surface area contributed by atoms with E-state index in [2.05, 4.69) is 15.5 Å². The van der Waals surface area contributed by atoms with Crippen LogP contribution in [0.1, 0.15) is 17.3 Å². The fraction of sp³-hybridized carbons (Fsp3) is 0.533. The van der Waals surface area contributed by atoms with Crippen LogP contribution in [0, 0.1) is 0 Å². The van der Waals surface area contributed by atoms with Gasteiger partial charge in [0.05, 0.1) is 12.2 Å². The van der Waals surface area contributed by atoms with Gasteiger partial charge in [0.2, 0.25) is 0 Å². The number of ether oxygens (including phenoxy) is 1. The van der Waals surface area contributed by atoms with Crippen LogP contribution in [0.2, 0.25) is 0 Å². The van der Waals surface area contributed by atoms with Crippen LogP contribution in [0.4, 0.5) is 0 Å². The van der Waals surface area contributed by atoms with E-state index in [-0.39, 0.29) is 5.91 Å². The Morgan fingerprint density at radius 2 is 2.10 bits per heavy atom. The number of amides is 1. The maximum atomic E-state index is 12.2. The minimum absolute atomic E-state index is 0.0656. The second-order valence-electron chi connectivity index (χ2n) is 4.78. The molecule has 1 aliphatic heterocycles. The molecule has 2 rings (SSSR count). The molecule has 0 bridgehead atoms. The van der Waals surface area contributed by atoms with E-state index in [1.807, 2.05) is 25.1 Å². The second-order valence-corrected chi connectivity index (χ2v) is 4.78. The molecule has 0 unspecified atom stereocenters. The molecule has 1 aliphatic rings. The van der Waals surface area contributed by atoms with Gasteiger partial charge < -0.3 is 15.4 Å². The number of hydrogen-bond donors (Lipinski definition) is 2. The number of nitrogens with zero attached hydrogens (tertiary/aromatic N) is 1. The molecule has 1 aromatic carbocycles. The van der Waals surface area contributed by atoms with Gasteiger partial charge in [-0.05, 0) is 19.1 Å². The van der Waals surface area contributed by atoms with E-state index in [1.54, 1.807) is 6.07 Å². The van der Waals surface area contributed by atoms with Crippen LogP contribution >= 0.6 is 0 Å². The van der Waals surface area contributed by atoms with Gasteiger partial charge in [0.25, 0.3) is 5.91 Å². The maximum Gasteiger partial charge on any atom is 0.255 e. The highest BCUT2D eigenvalue weighted by Gasteiger charge is 2.13. The quantitative estimate of drug-likeness (QED) is 0.804. The summed E-state index contributed by atoms with van der Waals surface area (Å²) in [6.07, 6.45) is 0. The van der Waals surface area contributed by atoms with Gasteiger partial charge >= 0.3 is 0 Å². The molecule has 2 N–H and O–H groups in total. The highest BCUT2D eigenvalue weighted by Crippen LogP contribution is 2.17. The van der Waals surface area contributed by atoms with Crippen LogP contribution in [-0.4, -0.2) is 56.7 Å². The van der Waals surface area contributed by atoms with E-state index in [9.17, 15) is 4.79 Å². The maximum absolute atomic E-state index is 12.2. The Labute approximate surface area is 120 Å². The fourth-order valence-corrected chi connectivity index (χ4v) is 2.29. The lowest BCUT2D eigenvalue weighted by molar-refractivity contribution is 0.0943. The lowest BCUT2D eigenvalue weighted by atomic mass is 10.2. The molecular weight excluding hydrogens is 254 g/mol. The molecule has 0 radical (unpaired) electrons. The summed E-state index contributed by atoms with van der Waals surface area (Å²) in [5.41, 5.74) is 0.606. The number of benzene rings is 1. The van der Waals surface area contributed by atoms with Crippen molar-refractivity contribution >= 4 is 5.91 Å². The molecule has 1 heterocycles. The molecule has 1 amide bonds. The van der Waals surface area contributed by atoms with Gasteiger partial charge in [0.1, 0.15) is 5.75 Å². The van der Waals surface area contributed by atoms with E-state index in [0.717, 1.165) is 32.7 Å². The minimum Gasteiger partial charge on any atom is -0.493 e. The Balaban J connectivity index is 1.82. The summed E-state index contributed by atoms with van der Waals surface area (Å²) in [4.78, 5) is 14.5. The minimum atomic E-state index is -0.0656. The third-order valence-corrected chi connectivity index (χ3v) is 3.35. The third kappa shape index (κ3) is 4.21. The van der Waals surface area contributed by atoms with Crippen molar-refractivity contribution in [3.8, 4) is 5.75 Å². The largest absolute Gasteiger partial charge is 0.493 e. The molecule has 0 aliphatic carbocycles. The molecule has 20 heavy (non-hydrogen) atoms. The van der Waals surface area contributed by atoms with Gasteiger partial charge in [-0.3, -0.25) is 9.69 Å². The standard InChI is InChI=1S/C15H23N3O2/c1-2-20-14-6-4-3-5-13(14)15(19)17-9-12-18-10-7-16-8-11-18/h3-6,16H,2,7-12H2,1H3,(H,17,19). The zero-order valence-electron chi connectivity index (χ0n) is 12.0. The molecule has 110 valence electrons. The van der Waals surface area contributed by atoms with Crippen molar-refractivity contribution < 1.29 is 9.53 Å². The Hall–Kier alpha value is -1.59. The molecule has 5 heteroatoms. The summed E-state index contributed by atoms with van der Waals surface area (Å²) < 4.78 is 5.47. The van der Waals surface area contributed by atoms with Gasteiger partial charge in [-0.1, -0.05) is 12.1 Å². The average Bonchev–Trinajstić information content (AvgIpc) is 2.49. The van der Waals surface area contributed by atoms with Crippen LogP contribution in [0.15, 0.2) is 24.3 Å². The lowest BCUT2D eigenvalue weighted by Gasteiger charge is -2.27. The van der Waals surface area contributed by atoms with Gasteiger partial charge in [-0.25, -0.2) is 0 Å². The summed E-state index contributed by atoms with van der Waals surface area (Å²) in [6, 6.07) is 7.36. The van der Waals surface area contributed by atoms with Gasteiger partial charge in [-0.15, -0.1) is 0 Å². The highest BCUT2D eigenvalue weighted by molar-refractivity contribution is 5.96. The Morgan fingerprint density at radius 1 is 1.35 bits per heavy atom. The van der Waals surface area contributed by atoms with E-state index in [4.69, 9.17) is 4.74 Å². The first-order chi connectivity index (χ1) is 9.81. The van der Waals surface area contributed by atoms with E-state index in [0.29, 0.717) is 24.5 Å². The molecule has 0 spiro atoms. The van der Waals surface area contributed by atoms with Crippen LogP contribution in [0.5, 0.6) is 5.75 Å². The zero-order valence-corrected chi connectivity index (χ0v) is 12.0. The number of para-hydroxylation sites is 1. The first kappa shape index (κ1) is 14.8. The number of hydrogen-bond acceptors (Lipinski definition) is 4. The number of nitrogens with one attached hydrogen (secondary N) is 2. The number of rotatable bonds is 6. The predicted molar refractivity (Wildman–Crippen MR) is 79.3 cm³/mol. The molecule has 1 aromatic rings. The van der Waals surface area contributed by atoms with Crippen molar-refractivity contribution in [3.63, 3.8) is 0 Å². The molecule has 1 saturated heterocycles. The van der Waals surface area contributed by atoms with Crippen molar-refractivity contribution in [2.24, 2.45) is 0 Å². The predicted octanol–water partition coefficient (Wildman–Crippen LogP) is 0.720. The van der Waals surface area contributed by atoms with Crippen molar-refractivity contribution in [1.29, 1.82) is 0 Å². The Bertz CT molecular complexity index is 431. The van der Waals surface area contributed by atoms with Crippen molar-refractivity contribution in [2.75, 3.05) is 45.9 Å². The van der Waals surface area contributed by atoms with Gasteiger partial charge in [0, 0.05) is 39.3 Å². The number of carbonyl (C=O) groups is 1. The Kier molecular flexibility index (Phi) is 5.83. The molecule has 0 saturated carbocycles. The number of carbonyl (C=O) groups excluding carboxylic acids is 1. The second kappa shape index (κ2) is 7.87. The first-order valence-corrected chi connectivity index (χ1v) is 7.24. The van der Waals surface area contributed by atoms with Crippen molar-refractivity contribution in [3.05, 3.63) is 29.8 Å². The van der Waals surface area contributed by atoms with Crippen LogP contribution in [0.3, 0.4) is 0 Å². The summed E-state index contributed by atoms with van der Waals surface area (Å²) in [5, 5.41) is 6.28. The van der Waals surface area contributed by atoms with Crippen LogP contribution < -0.4 is 15.4 Å². The van der Waals surface area contributed by atoms with Gasteiger partial charge in [0.15, 0.2) is 0 Å². The fourth-order valence-electron chi connectivity index (χ4n) is 2.29. The topological polar surface area (TPSA) is 53.6 Å². The summed E-state index contributed by atoms with van der Waals surface area (Å²) in [6.45, 7) is 8.19. The smallest absolute Gasteiger partial charge is 0.255 e. The number of piperazine rings is 1. The average molecular weight is 277 g/mol. The summed E-state index contributed by atoms with van der Waals surface area (Å²) >= 11 is 0. The van der Waals surface area contributed by atoms with Crippen LogP contribution in [0.25, 0.3) is 0 Å². The molecule has 0 aromatic heterocycles. The van der Waals surface area contributed by atoms with E-state index in [1.165, 1.54) is 0 Å². The van der Waals surface area contributed by atoms with Crippen molar-refractivity contribution in [2.45, 2.75) is 6.92 Å². The first-order valence-electron chi connectivity index (χ1n) is 7.24. The monoisotopic (exact) mass is 277 g/mol. The van der Waals surface area contributed by atoms with E-state index >= 15 is 0 Å². The molecule has 0 atom stereocenters. The Morgan fingerprint density at radius 3 is 2.85 bits per heavy atom. The lowest BCUT2D eigenvalue weighted by Crippen LogP contribution is -2.46. The normalized spacial score (nSPS) is 15.8. The highest BCUT2D eigenvalue weighted by atomic mass is 16.5. The van der Waals surface area contributed by atoms with E-state index < -0.39 is 0 Å². The third-order valence-electron chi connectivity index (χ3n) is 3.35. The summed E-state index contributed by atoms with van der Waals surface area (Å²) in [7, 11) is 0. The van der Waals surface area contributed by atoms with Crippen LogP contribution in [-0.2, 0) is 0 Å². The summed E-state index contributed by atoms with van der Waals surface area (Å²) in [5.74, 6) is 0.582. The van der Waals surface area contributed by atoms with Crippen molar-refractivity contribution in [1.82, 2.24) is 15.5 Å². The SMILES string of the molecule is CCOc1ccccc1C(=O)NCCN1CCNCC1. The molecular formula is C15H23N3O2. The zero-order chi connectivity index (χ0) is 14.2. The van der Waals surface area contributed by atoms with Gasteiger partial charge in [-0.2, -0.15) is 0 Å².